The van der Waals surface area contributed by atoms with Gasteiger partial charge in [-0.25, -0.2) is 0 Å². The van der Waals surface area contributed by atoms with Gasteiger partial charge in [0.2, 0.25) is 0 Å². The Morgan fingerprint density at radius 1 is 0.480 bits per heavy atom. The van der Waals surface area contributed by atoms with Crippen LogP contribution >= 0.6 is 33.2 Å². The highest BCUT2D eigenvalue weighted by Crippen LogP contribution is 2.41. The molecule has 0 radical (unpaired) electrons. The van der Waals surface area contributed by atoms with Crippen LogP contribution in [0.5, 0.6) is 0 Å². The number of hydrogen-bond acceptors (Lipinski definition) is 0. The van der Waals surface area contributed by atoms with E-state index in [9.17, 15) is 0 Å². The Labute approximate surface area is 173 Å². The van der Waals surface area contributed by atoms with Crippen LogP contribution in [0.3, 0.4) is 0 Å². The normalized spacial score (nSPS) is 13.3. The first-order valence-corrected chi connectivity index (χ1v) is 16.2. The van der Waals surface area contributed by atoms with Crippen molar-refractivity contribution in [1.82, 2.24) is 0 Å². The maximum absolute atomic E-state index is 6.34. The quantitative estimate of drug-likeness (QED) is 0.109. The summed E-state index contributed by atoms with van der Waals surface area (Å²) in [7, 11) is 0. The van der Waals surface area contributed by atoms with Crippen LogP contribution in [0.1, 0.15) is 129 Å². The molecular formula is C21H43Cl3Si. The zero-order chi connectivity index (χ0) is 18.8. The van der Waals surface area contributed by atoms with Gasteiger partial charge in [-0.05, 0) is 18.4 Å². The molecule has 0 rings (SSSR count). The van der Waals surface area contributed by atoms with Crippen LogP contribution in [0.25, 0.3) is 0 Å². The molecule has 0 amide bonds. The van der Waals surface area contributed by atoms with Crippen molar-refractivity contribution in [2.24, 2.45) is 0 Å². The second-order valence-electron chi connectivity index (χ2n) is 7.77. The first-order chi connectivity index (χ1) is 12.0. The molecule has 0 aromatic heterocycles. The Balaban J connectivity index is 3.58. The molecule has 0 N–H and O–H groups in total. The third-order valence-electron chi connectivity index (χ3n) is 5.28. The minimum absolute atomic E-state index is 0.373. The van der Waals surface area contributed by atoms with Crippen LogP contribution in [0.15, 0.2) is 0 Å². The van der Waals surface area contributed by atoms with E-state index in [0.717, 1.165) is 12.8 Å². The molecular weight excluding hydrogens is 387 g/mol. The second-order valence-corrected chi connectivity index (χ2v) is 16.8. The molecule has 25 heavy (non-hydrogen) atoms. The van der Waals surface area contributed by atoms with Crippen molar-refractivity contribution in [3.8, 4) is 0 Å². The predicted molar refractivity (Wildman–Crippen MR) is 122 cm³/mol. The monoisotopic (exact) mass is 428 g/mol. The van der Waals surface area contributed by atoms with Gasteiger partial charge in [0.1, 0.15) is 0 Å². The molecule has 0 aromatic carbocycles. The lowest BCUT2D eigenvalue weighted by Gasteiger charge is -2.22. The minimum Gasteiger partial charge on any atom is -0.126 e. The van der Waals surface area contributed by atoms with E-state index < -0.39 is 6.00 Å². The predicted octanol–water partition coefficient (Wildman–Crippen LogP) is 10.1. The van der Waals surface area contributed by atoms with Crippen molar-refractivity contribution < 1.29 is 0 Å². The summed E-state index contributed by atoms with van der Waals surface area (Å²) < 4.78 is 0. The van der Waals surface area contributed by atoms with Crippen molar-refractivity contribution in [2.45, 2.75) is 135 Å². The summed E-state index contributed by atoms with van der Waals surface area (Å²) in [5, 5.41) is 0. The van der Waals surface area contributed by atoms with Gasteiger partial charge in [0.25, 0.3) is 0 Å². The van der Waals surface area contributed by atoms with Crippen molar-refractivity contribution >= 4 is 39.2 Å². The maximum atomic E-state index is 6.34. The van der Waals surface area contributed by atoms with Gasteiger partial charge in [-0.3, -0.25) is 0 Å². The van der Waals surface area contributed by atoms with E-state index in [-0.39, 0.29) is 0 Å². The molecule has 1 atom stereocenters. The van der Waals surface area contributed by atoms with Crippen LogP contribution in [0, 0.1) is 0 Å². The van der Waals surface area contributed by atoms with Crippen LogP contribution in [-0.4, -0.2) is 6.00 Å². The molecule has 152 valence electrons. The van der Waals surface area contributed by atoms with Crippen molar-refractivity contribution in [3.05, 3.63) is 0 Å². The maximum Gasteiger partial charge on any atom is 0.344 e. The summed E-state index contributed by atoms with van der Waals surface area (Å²) in [4.78, 5) is 0. The molecule has 0 saturated heterocycles. The van der Waals surface area contributed by atoms with E-state index in [1.54, 1.807) is 0 Å². The molecule has 0 nitrogen and oxygen atoms in total. The molecule has 0 aliphatic rings. The molecule has 0 heterocycles. The van der Waals surface area contributed by atoms with Crippen molar-refractivity contribution in [1.29, 1.82) is 0 Å². The zero-order valence-electron chi connectivity index (χ0n) is 16.9. The third kappa shape index (κ3) is 18.2. The highest BCUT2D eigenvalue weighted by molar-refractivity contribution is 7.65. The Hall–Kier alpha value is 1.09. The summed E-state index contributed by atoms with van der Waals surface area (Å²) in [6.07, 6.45) is 24.0. The highest BCUT2D eigenvalue weighted by atomic mass is 35.8. The first kappa shape index (κ1) is 26.1. The van der Waals surface area contributed by atoms with Gasteiger partial charge in [0, 0.05) is 0 Å². The van der Waals surface area contributed by atoms with Crippen LogP contribution in [0.4, 0.5) is 0 Å². The van der Waals surface area contributed by atoms with Crippen molar-refractivity contribution in [2.75, 3.05) is 0 Å². The molecule has 0 aliphatic heterocycles. The zero-order valence-corrected chi connectivity index (χ0v) is 20.2. The van der Waals surface area contributed by atoms with E-state index in [4.69, 9.17) is 33.2 Å². The lowest BCUT2D eigenvalue weighted by molar-refractivity contribution is 0.522. The summed E-state index contributed by atoms with van der Waals surface area (Å²) >= 11 is 19.0. The van der Waals surface area contributed by atoms with Crippen molar-refractivity contribution in [3.63, 3.8) is 0 Å². The molecule has 1 unspecified atom stereocenters. The van der Waals surface area contributed by atoms with Gasteiger partial charge >= 0.3 is 6.00 Å². The summed E-state index contributed by atoms with van der Waals surface area (Å²) in [6.45, 7) is 4.53. The summed E-state index contributed by atoms with van der Waals surface area (Å²) in [5.74, 6) is 0. The molecule has 0 bridgehead atoms. The number of rotatable bonds is 19. The fraction of sp³-hybridized carbons (Fsp3) is 1.00. The Bertz CT molecular complexity index is 266. The summed E-state index contributed by atoms with van der Waals surface area (Å²) in [6, 6.07) is -2.54. The smallest absolute Gasteiger partial charge is 0.126 e. The standard InChI is InChI=1S/C21H43Cl3Si/c1-3-5-7-9-10-11-12-13-14-16-18-20-21(25(22,23)24)19-17-15-8-6-4-2/h21H,3-20H2,1-2H3. The second kappa shape index (κ2) is 18.5. The van der Waals surface area contributed by atoms with Gasteiger partial charge in [0.15, 0.2) is 0 Å². The molecule has 0 fully saturated rings. The average Bonchev–Trinajstić information content (AvgIpc) is 2.56. The molecule has 0 saturated carbocycles. The molecule has 0 spiro atoms. The molecule has 0 aromatic rings. The Morgan fingerprint density at radius 3 is 1.04 bits per heavy atom. The number of hydrogen-bond donors (Lipinski definition) is 0. The van der Waals surface area contributed by atoms with Crippen LogP contribution in [0.2, 0.25) is 5.54 Å². The topological polar surface area (TPSA) is 0 Å². The van der Waals surface area contributed by atoms with Crippen LogP contribution in [-0.2, 0) is 0 Å². The largest absolute Gasteiger partial charge is 0.344 e. The Morgan fingerprint density at radius 2 is 0.760 bits per heavy atom. The third-order valence-corrected chi connectivity index (χ3v) is 9.56. The van der Waals surface area contributed by atoms with Crippen LogP contribution < -0.4 is 0 Å². The average molecular weight is 430 g/mol. The lowest BCUT2D eigenvalue weighted by Crippen LogP contribution is -2.20. The van der Waals surface area contributed by atoms with Gasteiger partial charge in [-0.2, -0.15) is 0 Å². The SMILES string of the molecule is CCCCCCCCCCCCCC(CCCCCCC)[Si](Cl)(Cl)Cl. The van der Waals surface area contributed by atoms with E-state index in [0.29, 0.717) is 5.54 Å². The van der Waals surface area contributed by atoms with Gasteiger partial charge in [-0.15, -0.1) is 33.2 Å². The fourth-order valence-corrected chi connectivity index (χ4v) is 6.55. The van der Waals surface area contributed by atoms with Gasteiger partial charge in [-0.1, -0.05) is 117 Å². The molecule has 4 heteroatoms. The lowest BCUT2D eigenvalue weighted by atomic mass is 10.0. The van der Waals surface area contributed by atoms with Gasteiger partial charge in [0.05, 0.1) is 0 Å². The highest BCUT2D eigenvalue weighted by Gasteiger charge is 2.35. The Kier molecular flexibility index (Phi) is 19.3. The van der Waals surface area contributed by atoms with E-state index >= 15 is 0 Å². The molecule has 0 aliphatic carbocycles. The first-order valence-electron chi connectivity index (χ1n) is 11.1. The van der Waals surface area contributed by atoms with E-state index in [1.165, 1.54) is 103 Å². The number of unbranched alkanes of at least 4 members (excludes halogenated alkanes) is 14. The number of halogens is 3. The van der Waals surface area contributed by atoms with E-state index in [2.05, 4.69) is 13.8 Å². The minimum atomic E-state index is -2.54. The summed E-state index contributed by atoms with van der Waals surface area (Å²) in [5.41, 5.74) is 0.373. The van der Waals surface area contributed by atoms with E-state index in [1.807, 2.05) is 0 Å². The van der Waals surface area contributed by atoms with Gasteiger partial charge < -0.3 is 0 Å². The fourth-order valence-electron chi connectivity index (χ4n) is 3.52.